The lowest BCUT2D eigenvalue weighted by Crippen LogP contribution is -2.21. The van der Waals surface area contributed by atoms with Crippen LogP contribution in [-0.4, -0.2) is 27.5 Å². The van der Waals surface area contributed by atoms with Crippen molar-refractivity contribution in [2.24, 2.45) is 0 Å². The summed E-state index contributed by atoms with van der Waals surface area (Å²) in [7, 11) is 0. The minimum Gasteiger partial charge on any atom is -0.314 e. The van der Waals surface area contributed by atoms with E-state index in [1.807, 2.05) is 6.92 Å². The first-order valence-electron chi connectivity index (χ1n) is 6.10. The van der Waals surface area contributed by atoms with Gasteiger partial charge in [-0.25, -0.2) is 15.0 Å². The molecule has 0 atom stereocenters. The third-order valence-corrected chi connectivity index (χ3v) is 2.69. The molecule has 0 spiro atoms. The van der Waals surface area contributed by atoms with Gasteiger partial charge in [0, 0.05) is 24.9 Å². The van der Waals surface area contributed by atoms with Crippen LogP contribution in [0.1, 0.15) is 50.1 Å². The summed E-state index contributed by atoms with van der Waals surface area (Å²) in [4.78, 5) is 13.2. The maximum absolute atomic E-state index is 4.49. The van der Waals surface area contributed by atoms with Gasteiger partial charge in [-0.3, -0.25) is 0 Å². The highest BCUT2D eigenvalue weighted by atomic mass is 15.0. The summed E-state index contributed by atoms with van der Waals surface area (Å²) in [6.07, 6.45) is 3.56. The quantitative estimate of drug-likeness (QED) is 0.819. The molecular formula is C12H20N4. The summed E-state index contributed by atoms with van der Waals surface area (Å²) >= 11 is 0. The molecule has 4 nitrogen and oxygen atoms in total. The molecule has 0 radical (unpaired) electrons. The molecule has 0 aromatic carbocycles. The third-order valence-electron chi connectivity index (χ3n) is 2.69. The van der Waals surface area contributed by atoms with Gasteiger partial charge in [-0.1, -0.05) is 13.8 Å². The molecule has 0 aliphatic heterocycles. The van der Waals surface area contributed by atoms with E-state index in [0.717, 1.165) is 36.5 Å². The SMILES string of the molecule is Cc1nc(CCNC2CC2)nc(C(C)C)n1. The molecule has 1 N–H and O–H groups in total. The van der Waals surface area contributed by atoms with Crippen LogP contribution in [0.5, 0.6) is 0 Å². The maximum Gasteiger partial charge on any atom is 0.135 e. The first-order chi connectivity index (χ1) is 7.65. The predicted octanol–water partition coefficient (Wildman–Crippen LogP) is 1.60. The van der Waals surface area contributed by atoms with E-state index in [4.69, 9.17) is 0 Å². The number of hydrogen-bond donors (Lipinski definition) is 1. The van der Waals surface area contributed by atoms with Crippen LogP contribution in [0.3, 0.4) is 0 Å². The van der Waals surface area contributed by atoms with E-state index in [-0.39, 0.29) is 0 Å². The molecule has 1 aromatic rings. The highest BCUT2D eigenvalue weighted by Crippen LogP contribution is 2.18. The van der Waals surface area contributed by atoms with Gasteiger partial charge in [0.1, 0.15) is 17.5 Å². The third kappa shape index (κ3) is 3.23. The Bertz CT molecular complexity index is 358. The van der Waals surface area contributed by atoms with Crippen molar-refractivity contribution in [2.45, 2.75) is 52.0 Å². The molecule has 0 saturated heterocycles. The second-order valence-electron chi connectivity index (χ2n) is 4.79. The standard InChI is InChI=1S/C12H20N4/c1-8(2)12-15-9(3)14-11(16-12)6-7-13-10-4-5-10/h8,10,13H,4-7H2,1-3H3. The summed E-state index contributed by atoms with van der Waals surface area (Å²) < 4.78 is 0. The average molecular weight is 220 g/mol. The zero-order valence-corrected chi connectivity index (χ0v) is 10.3. The van der Waals surface area contributed by atoms with Crippen molar-refractivity contribution in [2.75, 3.05) is 6.54 Å². The second kappa shape index (κ2) is 4.87. The zero-order chi connectivity index (χ0) is 11.5. The van der Waals surface area contributed by atoms with E-state index < -0.39 is 0 Å². The number of nitrogens with zero attached hydrogens (tertiary/aromatic N) is 3. The van der Waals surface area contributed by atoms with Crippen molar-refractivity contribution >= 4 is 0 Å². The van der Waals surface area contributed by atoms with Gasteiger partial charge in [0.25, 0.3) is 0 Å². The van der Waals surface area contributed by atoms with Crippen LogP contribution in [0.15, 0.2) is 0 Å². The van der Waals surface area contributed by atoms with Crippen LogP contribution >= 0.6 is 0 Å². The van der Waals surface area contributed by atoms with E-state index in [2.05, 4.69) is 34.1 Å². The Morgan fingerprint density at radius 2 is 2.00 bits per heavy atom. The smallest absolute Gasteiger partial charge is 0.135 e. The monoisotopic (exact) mass is 220 g/mol. The Hall–Kier alpha value is -1.03. The molecule has 1 aliphatic rings. The molecule has 88 valence electrons. The highest BCUT2D eigenvalue weighted by Gasteiger charge is 2.19. The topological polar surface area (TPSA) is 50.7 Å². The molecule has 1 saturated carbocycles. The molecule has 2 rings (SSSR count). The van der Waals surface area contributed by atoms with Crippen molar-refractivity contribution < 1.29 is 0 Å². The largest absolute Gasteiger partial charge is 0.314 e. The Balaban J connectivity index is 1.95. The fourth-order valence-corrected chi connectivity index (χ4v) is 1.61. The molecular weight excluding hydrogens is 200 g/mol. The lowest BCUT2D eigenvalue weighted by Gasteiger charge is -2.07. The van der Waals surface area contributed by atoms with Gasteiger partial charge in [-0.05, 0) is 19.8 Å². The molecule has 4 heteroatoms. The van der Waals surface area contributed by atoms with Crippen molar-refractivity contribution in [3.8, 4) is 0 Å². The molecule has 0 bridgehead atoms. The minimum atomic E-state index is 0.372. The number of hydrogen-bond acceptors (Lipinski definition) is 4. The van der Waals surface area contributed by atoms with Crippen LogP contribution in [0.2, 0.25) is 0 Å². The number of aryl methyl sites for hydroxylation is 1. The molecule has 1 aromatic heterocycles. The number of aromatic nitrogens is 3. The summed E-state index contributed by atoms with van der Waals surface area (Å²) in [5, 5.41) is 3.47. The lowest BCUT2D eigenvalue weighted by atomic mass is 10.2. The fraction of sp³-hybridized carbons (Fsp3) is 0.750. The number of nitrogens with one attached hydrogen (secondary N) is 1. The summed E-state index contributed by atoms with van der Waals surface area (Å²) in [5.74, 6) is 3.04. The molecule has 1 aliphatic carbocycles. The van der Waals surface area contributed by atoms with Crippen molar-refractivity contribution in [1.29, 1.82) is 0 Å². The normalized spacial score (nSPS) is 15.8. The number of rotatable bonds is 5. The molecule has 1 heterocycles. The van der Waals surface area contributed by atoms with Gasteiger partial charge < -0.3 is 5.32 Å². The lowest BCUT2D eigenvalue weighted by molar-refractivity contribution is 0.647. The average Bonchev–Trinajstić information content (AvgIpc) is 3.01. The predicted molar refractivity (Wildman–Crippen MR) is 63.4 cm³/mol. The summed E-state index contributed by atoms with van der Waals surface area (Å²) in [5.41, 5.74) is 0. The first kappa shape index (κ1) is 11.5. The van der Waals surface area contributed by atoms with Gasteiger partial charge in [0.2, 0.25) is 0 Å². The van der Waals surface area contributed by atoms with Crippen LogP contribution < -0.4 is 5.32 Å². The van der Waals surface area contributed by atoms with Crippen LogP contribution in [0.4, 0.5) is 0 Å². The van der Waals surface area contributed by atoms with Crippen molar-refractivity contribution in [1.82, 2.24) is 20.3 Å². The first-order valence-corrected chi connectivity index (χ1v) is 6.10. The van der Waals surface area contributed by atoms with E-state index >= 15 is 0 Å². The maximum atomic E-state index is 4.49. The van der Waals surface area contributed by atoms with Crippen molar-refractivity contribution in [3.63, 3.8) is 0 Å². The van der Waals surface area contributed by atoms with Crippen LogP contribution in [-0.2, 0) is 6.42 Å². The van der Waals surface area contributed by atoms with Gasteiger partial charge >= 0.3 is 0 Å². The van der Waals surface area contributed by atoms with Gasteiger partial charge in [-0.15, -0.1) is 0 Å². The van der Waals surface area contributed by atoms with Crippen LogP contribution in [0, 0.1) is 6.92 Å². The van der Waals surface area contributed by atoms with E-state index in [1.54, 1.807) is 0 Å². The molecule has 0 unspecified atom stereocenters. The van der Waals surface area contributed by atoms with E-state index in [9.17, 15) is 0 Å². The molecule has 0 amide bonds. The van der Waals surface area contributed by atoms with Gasteiger partial charge in [0.05, 0.1) is 0 Å². The van der Waals surface area contributed by atoms with E-state index in [0.29, 0.717) is 5.92 Å². The minimum absolute atomic E-state index is 0.372. The Morgan fingerprint density at radius 1 is 1.25 bits per heavy atom. The van der Waals surface area contributed by atoms with Crippen LogP contribution in [0.25, 0.3) is 0 Å². The Morgan fingerprint density at radius 3 is 2.62 bits per heavy atom. The van der Waals surface area contributed by atoms with Crippen molar-refractivity contribution in [3.05, 3.63) is 17.5 Å². The summed E-state index contributed by atoms with van der Waals surface area (Å²) in [6.45, 7) is 7.14. The molecule has 1 fully saturated rings. The fourth-order valence-electron chi connectivity index (χ4n) is 1.61. The Kier molecular flexibility index (Phi) is 3.49. The Labute approximate surface area is 96.9 Å². The second-order valence-corrected chi connectivity index (χ2v) is 4.79. The van der Waals surface area contributed by atoms with E-state index in [1.165, 1.54) is 12.8 Å². The molecule has 16 heavy (non-hydrogen) atoms. The zero-order valence-electron chi connectivity index (χ0n) is 10.3. The van der Waals surface area contributed by atoms with Gasteiger partial charge in [-0.2, -0.15) is 0 Å². The van der Waals surface area contributed by atoms with Gasteiger partial charge in [0.15, 0.2) is 0 Å². The summed E-state index contributed by atoms with van der Waals surface area (Å²) in [6, 6.07) is 0.757. The highest BCUT2D eigenvalue weighted by molar-refractivity contribution is 5.00.